The summed E-state index contributed by atoms with van der Waals surface area (Å²) in [6.45, 7) is 6.62. The molecule has 0 saturated heterocycles. The van der Waals surface area contributed by atoms with Crippen LogP contribution >= 0.6 is 0 Å². The smallest absolute Gasteiger partial charge is 0.158 e. The third kappa shape index (κ3) is 5.26. The van der Waals surface area contributed by atoms with Crippen LogP contribution in [0.5, 0.6) is 0 Å². The van der Waals surface area contributed by atoms with Crippen LogP contribution in [0.15, 0.2) is 6.07 Å². The van der Waals surface area contributed by atoms with Gasteiger partial charge in [0.15, 0.2) is 5.82 Å². The first kappa shape index (κ1) is 14.6. The van der Waals surface area contributed by atoms with Gasteiger partial charge in [-0.25, -0.2) is 15.8 Å². The van der Waals surface area contributed by atoms with Gasteiger partial charge in [0.1, 0.15) is 18.2 Å². The van der Waals surface area contributed by atoms with Crippen molar-refractivity contribution in [3.63, 3.8) is 0 Å². The summed E-state index contributed by atoms with van der Waals surface area (Å²) in [6, 6.07) is 1.67. The molecule has 5 N–H and O–H groups in total. The maximum Gasteiger partial charge on any atom is 0.158 e. The molecule has 0 radical (unpaired) electrons. The third-order valence-electron chi connectivity index (χ3n) is 2.06. The topological polar surface area (TPSA) is 105 Å². The summed E-state index contributed by atoms with van der Waals surface area (Å²) in [6.07, 6.45) is 0. The van der Waals surface area contributed by atoms with Crippen molar-refractivity contribution in [2.45, 2.75) is 33.0 Å². The molecular formula is C11H21N5O2. The second kappa shape index (κ2) is 6.48. The first-order chi connectivity index (χ1) is 8.44. The Morgan fingerprint density at radius 3 is 2.61 bits per heavy atom. The van der Waals surface area contributed by atoms with Gasteiger partial charge in [-0.05, 0) is 20.8 Å². The molecule has 1 heterocycles. The van der Waals surface area contributed by atoms with Gasteiger partial charge >= 0.3 is 0 Å². The van der Waals surface area contributed by atoms with Gasteiger partial charge in [0, 0.05) is 19.2 Å². The lowest BCUT2D eigenvalue weighted by atomic mass is 10.1. The average Bonchev–Trinajstić information content (AvgIpc) is 2.32. The van der Waals surface area contributed by atoms with Crippen molar-refractivity contribution in [1.82, 2.24) is 9.97 Å². The summed E-state index contributed by atoms with van der Waals surface area (Å²) in [4.78, 5) is 8.43. The third-order valence-corrected chi connectivity index (χ3v) is 2.06. The zero-order chi connectivity index (χ0) is 13.6. The van der Waals surface area contributed by atoms with Crippen molar-refractivity contribution in [2.75, 3.05) is 23.9 Å². The molecular weight excluding hydrogens is 234 g/mol. The molecule has 1 aromatic rings. The monoisotopic (exact) mass is 255 g/mol. The van der Waals surface area contributed by atoms with Crippen LogP contribution in [0.25, 0.3) is 0 Å². The van der Waals surface area contributed by atoms with Crippen molar-refractivity contribution >= 4 is 11.6 Å². The van der Waals surface area contributed by atoms with Crippen molar-refractivity contribution in [2.24, 2.45) is 5.84 Å². The van der Waals surface area contributed by atoms with E-state index in [4.69, 9.17) is 10.6 Å². The lowest BCUT2D eigenvalue weighted by Crippen LogP contribution is -2.29. The van der Waals surface area contributed by atoms with Gasteiger partial charge in [0.25, 0.3) is 0 Å². The first-order valence-electron chi connectivity index (χ1n) is 5.83. The second-order valence-electron chi connectivity index (χ2n) is 4.50. The molecule has 102 valence electrons. The molecule has 0 unspecified atom stereocenters. The molecule has 1 rings (SSSR count). The Bertz CT molecular complexity index is 378. The number of ether oxygens (including phenoxy) is 1. The Morgan fingerprint density at radius 2 is 2.06 bits per heavy atom. The highest BCUT2D eigenvalue weighted by molar-refractivity contribution is 5.46. The number of nitrogens with zero attached hydrogens (tertiary/aromatic N) is 2. The molecule has 7 nitrogen and oxygen atoms in total. The van der Waals surface area contributed by atoms with E-state index < -0.39 is 5.60 Å². The number of aromatic nitrogens is 2. The number of hydrogen-bond acceptors (Lipinski definition) is 7. The van der Waals surface area contributed by atoms with Crippen LogP contribution in [0.2, 0.25) is 0 Å². The average molecular weight is 255 g/mol. The SMILES string of the molecule is CCOCc1nc(NN)cc(NCC(C)(C)O)n1. The summed E-state index contributed by atoms with van der Waals surface area (Å²) in [7, 11) is 0. The molecule has 1 aromatic heterocycles. The summed E-state index contributed by atoms with van der Waals surface area (Å²) < 4.78 is 5.25. The van der Waals surface area contributed by atoms with Crippen LogP contribution in [0.4, 0.5) is 11.6 Å². The highest BCUT2D eigenvalue weighted by Gasteiger charge is 2.13. The molecule has 7 heteroatoms. The van der Waals surface area contributed by atoms with Crippen LogP contribution in [-0.2, 0) is 11.3 Å². The van der Waals surface area contributed by atoms with E-state index in [1.807, 2.05) is 6.92 Å². The number of hydrogen-bond donors (Lipinski definition) is 4. The van der Waals surface area contributed by atoms with Gasteiger partial charge in [0.05, 0.1) is 5.60 Å². The van der Waals surface area contributed by atoms with Crippen LogP contribution in [0, 0.1) is 0 Å². The molecule has 0 fully saturated rings. The quantitative estimate of drug-likeness (QED) is 0.415. The van der Waals surface area contributed by atoms with Crippen LogP contribution in [0.1, 0.15) is 26.6 Å². The van der Waals surface area contributed by atoms with Crippen molar-refractivity contribution in [3.8, 4) is 0 Å². The van der Waals surface area contributed by atoms with Crippen LogP contribution in [0.3, 0.4) is 0 Å². The minimum absolute atomic E-state index is 0.323. The molecule has 0 aliphatic rings. The number of nitrogen functional groups attached to an aromatic ring is 1. The number of rotatable bonds is 7. The minimum Gasteiger partial charge on any atom is -0.389 e. The van der Waals surface area contributed by atoms with E-state index in [1.165, 1.54) is 0 Å². The normalized spacial score (nSPS) is 11.4. The predicted molar refractivity (Wildman–Crippen MR) is 70.0 cm³/mol. The summed E-state index contributed by atoms with van der Waals surface area (Å²) in [5.41, 5.74) is 1.65. The maximum absolute atomic E-state index is 9.65. The molecule has 0 amide bonds. The summed E-state index contributed by atoms with van der Waals surface area (Å²) >= 11 is 0. The first-order valence-corrected chi connectivity index (χ1v) is 5.83. The Kier molecular flexibility index (Phi) is 5.26. The minimum atomic E-state index is -0.818. The fraction of sp³-hybridized carbons (Fsp3) is 0.636. The van der Waals surface area contributed by atoms with Crippen LogP contribution < -0.4 is 16.6 Å². The van der Waals surface area contributed by atoms with E-state index in [2.05, 4.69) is 20.7 Å². The van der Waals surface area contributed by atoms with E-state index in [0.717, 1.165) is 0 Å². The Labute approximate surface area is 107 Å². The van der Waals surface area contributed by atoms with E-state index in [0.29, 0.717) is 37.2 Å². The van der Waals surface area contributed by atoms with Gasteiger partial charge in [-0.3, -0.25) is 0 Å². The van der Waals surface area contributed by atoms with E-state index >= 15 is 0 Å². The summed E-state index contributed by atoms with van der Waals surface area (Å²) in [5, 5.41) is 12.7. The van der Waals surface area contributed by atoms with Crippen molar-refractivity contribution in [1.29, 1.82) is 0 Å². The zero-order valence-corrected chi connectivity index (χ0v) is 11.0. The maximum atomic E-state index is 9.65. The number of hydrazine groups is 1. The zero-order valence-electron chi connectivity index (χ0n) is 11.0. The van der Waals surface area contributed by atoms with Gasteiger partial charge in [-0.1, -0.05) is 0 Å². The second-order valence-corrected chi connectivity index (χ2v) is 4.50. The highest BCUT2D eigenvalue weighted by atomic mass is 16.5. The number of aliphatic hydroxyl groups is 1. The molecule has 0 aliphatic carbocycles. The fourth-order valence-electron chi connectivity index (χ4n) is 1.23. The van der Waals surface area contributed by atoms with E-state index in [-0.39, 0.29) is 0 Å². The Hall–Kier alpha value is -1.44. The lowest BCUT2D eigenvalue weighted by molar-refractivity contribution is 0.0944. The van der Waals surface area contributed by atoms with Crippen molar-refractivity contribution < 1.29 is 9.84 Å². The van der Waals surface area contributed by atoms with Gasteiger partial charge < -0.3 is 20.6 Å². The Balaban J connectivity index is 2.76. The van der Waals surface area contributed by atoms with Gasteiger partial charge in [-0.2, -0.15) is 0 Å². The largest absolute Gasteiger partial charge is 0.389 e. The molecule has 18 heavy (non-hydrogen) atoms. The number of anilines is 2. The predicted octanol–water partition coefficient (Wildman–Crippen LogP) is 0.481. The van der Waals surface area contributed by atoms with Gasteiger partial charge in [0.2, 0.25) is 0 Å². The van der Waals surface area contributed by atoms with Crippen LogP contribution in [-0.4, -0.2) is 33.8 Å². The van der Waals surface area contributed by atoms with Gasteiger partial charge in [-0.15, -0.1) is 0 Å². The van der Waals surface area contributed by atoms with E-state index in [1.54, 1.807) is 19.9 Å². The fourth-order valence-corrected chi connectivity index (χ4v) is 1.23. The standard InChI is InChI=1S/C11H21N5O2/c1-4-18-6-10-14-8(5-9(15-10)16-12)13-7-11(2,3)17/h5,17H,4,6-7,12H2,1-3H3,(H2,13,14,15,16). The molecule has 0 spiro atoms. The number of nitrogens with one attached hydrogen (secondary N) is 2. The molecule has 0 atom stereocenters. The van der Waals surface area contributed by atoms with E-state index in [9.17, 15) is 5.11 Å². The van der Waals surface area contributed by atoms with Crippen molar-refractivity contribution in [3.05, 3.63) is 11.9 Å². The Morgan fingerprint density at radius 1 is 1.39 bits per heavy atom. The lowest BCUT2D eigenvalue weighted by Gasteiger charge is -2.18. The summed E-state index contributed by atoms with van der Waals surface area (Å²) in [5.74, 6) is 6.96. The molecule has 0 aliphatic heterocycles. The number of nitrogens with two attached hydrogens (primary N) is 1. The molecule has 0 bridgehead atoms. The molecule has 0 saturated carbocycles. The molecule has 0 aromatic carbocycles. The highest BCUT2D eigenvalue weighted by Crippen LogP contribution is 2.12.